The molecule has 0 bridgehead atoms. The minimum Gasteiger partial charge on any atom is -0.352 e. The quantitative estimate of drug-likeness (QED) is 0.799. The van der Waals surface area contributed by atoms with Crippen LogP contribution in [0.15, 0.2) is 47.4 Å². The van der Waals surface area contributed by atoms with Crippen molar-refractivity contribution in [2.75, 3.05) is 19.6 Å². The average Bonchev–Trinajstić information content (AvgIpc) is 2.71. The second-order valence-electron chi connectivity index (χ2n) is 6.74. The Morgan fingerprint density at radius 2 is 1.68 bits per heavy atom. The molecule has 3 rings (SSSR count). The third-order valence-electron chi connectivity index (χ3n) is 4.75. The van der Waals surface area contributed by atoms with Crippen LogP contribution in [0.1, 0.15) is 35.2 Å². The van der Waals surface area contributed by atoms with Gasteiger partial charge in [0.15, 0.2) is 0 Å². The lowest BCUT2D eigenvalue weighted by molar-refractivity contribution is 0.0949. The van der Waals surface area contributed by atoms with Crippen LogP contribution in [-0.2, 0) is 16.4 Å². The Kier molecular flexibility index (Phi) is 6.41. The summed E-state index contributed by atoms with van der Waals surface area (Å²) < 4.78 is 53.5. The summed E-state index contributed by atoms with van der Waals surface area (Å²) in [6.07, 6.45) is 3.24. The zero-order chi connectivity index (χ0) is 20.1. The van der Waals surface area contributed by atoms with Crippen LogP contribution in [0, 0.1) is 11.6 Å². The van der Waals surface area contributed by atoms with Gasteiger partial charge in [-0.1, -0.05) is 18.6 Å². The van der Waals surface area contributed by atoms with Crippen LogP contribution in [0.3, 0.4) is 0 Å². The monoisotopic (exact) mass is 408 g/mol. The average molecular weight is 408 g/mol. The molecule has 0 saturated carbocycles. The van der Waals surface area contributed by atoms with E-state index in [1.165, 1.54) is 4.31 Å². The van der Waals surface area contributed by atoms with Crippen molar-refractivity contribution in [2.45, 2.75) is 30.6 Å². The Balaban J connectivity index is 1.57. The number of amides is 1. The number of benzene rings is 2. The van der Waals surface area contributed by atoms with Crippen molar-refractivity contribution in [3.8, 4) is 0 Å². The van der Waals surface area contributed by atoms with Crippen LogP contribution in [0.5, 0.6) is 0 Å². The Morgan fingerprint density at radius 1 is 1.00 bits per heavy atom. The van der Waals surface area contributed by atoms with Gasteiger partial charge in [-0.15, -0.1) is 0 Å². The lowest BCUT2D eigenvalue weighted by atomic mass is 10.1. The molecule has 1 fully saturated rings. The molecule has 1 amide bonds. The third kappa shape index (κ3) is 4.74. The van der Waals surface area contributed by atoms with Gasteiger partial charge in [-0.05, 0) is 55.2 Å². The van der Waals surface area contributed by atoms with Gasteiger partial charge in [0.05, 0.1) is 10.5 Å². The molecule has 2 aromatic rings. The van der Waals surface area contributed by atoms with E-state index in [4.69, 9.17) is 0 Å². The molecule has 8 heteroatoms. The maximum Gasteiger partial charge on any atom is 0.254 e. The molecule has 0 unspecified atom stereocenters. The maximum atomic E-state index is 13.6. The molecule has 28 heavy (non-hydrogen) atoms. The highest BCUT2D eigenvalue weighted by molar-refractivity contribution is 7.89. The first-order chi connectivity index (χ1) is 13.4. The number of hydrogen-bond acceptors (Lipinski definition) is 3. The summed E-state index contributed by atoms with van der Waals surface area (Å²) in [6, 6.07) is 9.24. The minimum atomic E-state index is -3.47. The zero-order valence-corrected chi connectivity index (χ0v) is 16.1. The fraction of sp³-hybridized carbons (Fsp3) is 0.350. The largest absolute Gasteiger partial charge is 0.352 e. The summed E-state index contributed by atoms with van der Waals surface area (Å²) in [5.74, 6) is -2.16. The highest BCUT2D eigenvalue weighted by Gasteiger charge is 2.25. The maximum absolute atomic E-state index is 13.6. The van der Waals surface area contributed by atoms with Crippen molar-refractivity contribution < 1.29 is 22.0 Å². The summed E-state index contributed by atoms with van der Waals surface area (Å²) in [6.45, 7) is 1.31. The number of halogens is 2. The van der Waals surface area contributed by atoms with Gasteiger partial charge in [0.25, 0.3) is 5.91 Å². The first-order valence-electron chi connectivity index (χ1n) is 9.20. The van der Waals surface area contributed by atoms with Crippen LogP contribution >= 0.6 is 0 Å². The van der Waals surface area contributed by atoms with E-state index in [-0.39, 0.29) is 17.0 Å². The number of nitrogens with zero attached hydrogens (tertiary/aromatic N) is 1. The van der Waals surface area contributed by atoms with E-state index < -0.39 is 27.6 Å². The molecule has 1 aliphatic heterocycles. The van der Waals surface area contributed by atoms with Gasteiger partial charge >= 0.3 is 0 Å². The number of carbonyl (C=O) groups is 1. The van der Waals surface area contributed by atoms with Gasteiger partial charge < -0.3 is 5.32 Å². The van der Waals surface area contributed by atoms with Gasteiger partial charge in [0, 0.05) is 19.6 Å². The predicted octanol–water partition coefficient (Wildman–Crippen LogP) is 3.11. The summed E-state index contributed by atoms with van der Waals surface area (Å²) >= 11 is 0. The molecule has 150 valence electrons. The Morgan fingerprint density at radius 3 is 2.36 bits per heavy atom. The molecule has 1 N–H and O–H groups in total. The van der Waals surface area contributed by atoms with Gasteiger partial charge in [-0.25, -0.2) is 17.2 Å². The molecule has 1 saturated heterocycles. The second-order valence-corrected chi connectivity index (χ2v) is 8.68. The van der Waals surface area contributed by atoms with Crippen LogP contribution in [0.2, 0.25) is 0 Å². The molecule has 1 heterocycles. The van der Waals surface area contributed by atoms with E-state index in [2.05, 4.69) is 5.32 Å². The summed E-state index contributed by atoms with van der Waals surface area (Å²) in [5, 5.41) is 2.54. The molecule has 5 nitrogen and oxygen atoms in total. The number of rotatable bonds is 6. The van der Waals surface area contributed by atoms with Crippen molar-refractivity contribution in [1.29, 1.82) is 0 Å². The smallest absolute Gasteiger partial charge is 0.254 e. The summed E-state index contributed by atoms with van der Waals surface area (Å²) in [5.41, 5.74) is 0.487. The number of sulfonamides is 1. The second kappa shape index (κ2) is 8.79. The Bertz CT molecular complexity index is 940. The van der Waals surface area contributed by atoms with Crippen molar-refractivity contribution in [3.05, 3.63) is 65.2 Å². The topological polar surface area (TPSA) is 66.5 Å². The number of piperidine rings is 1. The van der Waals surface area contributed by atoms with Crippen LogP contribution in [0.4, 0.5) is 8.78 Å². The van der Waals surface area contributed by atoms with E-state index in [1.807, 2.05) is 0 Å². The number of hydrogen-bond donors (Lipinski definition) is 1. The molecule has 2 aromatic carbocycles. The third-order valence-corrected chi connectivity index (χ3v) is 6.66. The predicted molar refractivity (Wildman–Crippen MR) is 101 cm³/mol. The number of carbonyl (C=O) groups excluding carboxylic acids is 1. The van der Waals surface area contributed by atoms with Gasteiger partial charge in [-0.3, -0.25) is 4.79 Å². The summed E-state index contributed by atoms with van der Waals surface area (Å²) in [4.78, 5) is 12.2. The standard InChI is InChI=1S/C20H22F2N2O3S/c21-16-6-9-19(22)18(14-16)20(25)23-11-10-15-4-7-17(8-5-15)28(26,27)24-12-2-1-3-13-24/h4-9,14H,1-3,10-13H2,(H,23,25). The van der Waals surface area contributed by atoms with E-state index in [0.29, 0.717) is 19.5 Å². The molecule has 0 aliphatic carbocycles. The van der Waals surface area contributed by atoms with Crippen molar-refractivity contribution >= 4 is 15.9 Å². The minimum absolute atomic E-state index is 0.215. The van der Waals surface area contributed by atoms with E-state index in [0.717, 1.165) is 43.0 Å². The molecule has 0 radical (unpaired) electrons. The SMILES string of the molecule is O=C(NCCc1ccc(S(=O)(=O)N2CCCCC2)cc1)c1cc(F)ccc1F. The van der Waals surface area contributed by atoms with E-state index in [1.54, 1.807) is 24.3 Å². The van der Waals surface area contributed by atoms with Gasteiger partial charge in [0.2, 0.25) is 10.0 Å². The summed E-state index contributed by atoms with van der Waals surface area (Å²) in [7, 11) is -3.47. The number of nitrogens with one attached hydrogen (secondary N) is 1. The fourth-order valence-corrected chi connectivity index (χ4v) is 4.69. The molecule has 0 atom stereocenters. The first-order valence-corrected chi connectivity index (χ1v) is 10.6. The van der Waals surface area contributed by atoms with Gasteiger partial charge in [0.1, 0.15) is 11.6 Å². The normalized spacial score (nSPS) is 15.4. The van der Waals surface area contributed by atoms with Crippen molar-refractivity contribution in [2.24, 2.45) is 0 Å². The highest BCUT2D eigenvalue weighted by atomic mass is 32.2. The molecule has 0 spiro atoms. The van der Waals surface area contributed by atoms with Crippen molar-refractivity contribution in [3.63, 3.8) is 0 Å². The molecule has 1 aliphatic rings. The van der Waals surface area contributed by atoms with Gasteiger partial charge in [-0.2, -0.15) is 4.31 Å². The van der Waals surface area contributed by atoms with Crippen LogP contribution in [0.25, 0.3) is 0 Å². The molecular weight excluding hydrogens is 386 g/mol. The molecular formula is C20H22F2N2O3S. The lowest BCUT2D eigenvalue weighted by Gasteiger charge is -2.25. The lowest BCUT2D eigenvalue weighted by Crippen LogP contribution is -2.35. The Hall–Kier alpha value is -2.32. The van der Waals surface area contributed by atoms with Crippen LogP contribution < -0.4 is 5.32 Å². The Labute approximate surface area is 163 Å². The highest BCUT2D eigenvalue weighted by Crippen LogP contribution is 2.21. The van der Waals surface area contributed by atoms with E-state index >= 15 is 0 Å². The van der Waals surface area contributed by atoms with Crippen molar-refractivity contribution in [1.82, 2.24) is 9.62 Å². The van der Waals surface area contributed by atoms with Crippen LogP contribution in [-0.4, -0.2) is 38.3 Å². The fourth-order valence-electron chi connectivity index (χ4n) is 3.17. The zero-order valence-electron chi connectivity index (χ0n) is 15.3. The molecule has 0 aromatic heterocycles. The van der Waals surface area contributed by atoms with E-state index in [9.17, 15) is 22.0 Å². The first kappa shape index (κ1) is 20.4.